The van der Waals surface area contributed by atoms with Crippen molar-refractivity contribution in [2.24, 2.45) is 4.99 Å². The summed E-state index contributed by atoms with van der Waals surface area (Å²) in [5.74, 6) is 0.851. The van der Waals surface area contributed by atoms with E-state index in [0.29, 0.717) is 12.6 Å². The van der Waals surface area contributed by atoms with Gasteiger partial charge in [-0.3, -0.25) is 10.1 Å². The van der Waals surface area contributed by atoms with Crippen molar-refractivity contribution >= 4 is 22.3 Å². The van der Waals surface area contributed by atoms with E-state index in [1.807, 2.05) is 24.5 Å². The van der Waals surface area contributed by atoms with Gasteiger partial charge in [0.2, 0.25) is 0 Å². The third-order valence-corrected chi connectivity index (χ3v) is 4.81. The maximum atomic E-state index is 4.30. The van der Waals surface area contributed by atoms with Gasteiger partial charge in [0.25, 0.3) is 0 Å². The third-order valence-electron chi connectivity index (χ3n) is 3.88. The second-order valence-electron chi connectivity index (χ2n) is 5.36. The number of aromatic nitrogens is 2. The van der Waals surface area contributed by atoms with E-state index in [-0.39, 0.29) is 0 Å². The van der Waals surface area contributed by atoms with Crippen molar-refractivity contribution in [1.29, 1.82) is 0 Å². The lowest BCUT2D eigenvalue weighted by atomic mass is 10.1. The summed E-state index contributed by atoms with van der Waals surface area (Å²) >= 11 is 1.82. The molecule has 6 nitrogen and oxygen atoms in total. The van der Waals surface area contributed by atoms with Crippen LogP contribution in [0.15, 0.2) is 34.8 Å². The van der Waals surface area contributed by atoms with Crippen LogP contribution >= 0.6 is 11.3 Å². The standard InChI is InChI=1S/C15H22N6S/c1-16-15(17-11-13-4-7-18-20-13)19-12-5-8-21(9-6-12)14-3-2-10-22-14/h2-4,7,10,12H,5-6,8-9,11H2,1H3,(H,18,20)(H2,16,17,19). The molecule has 22 heavy (non-hydrogen) atoms. The number of hydrogen-bond donors (Lipinski definition) is 3. The molecule has 0 aliphatic carbocycles. The van der Waals surface area contributed by atoms with Gasteiger partial charge >= 0.3 is 0 Å². The van der Waals surface area contributed by atoms with E-state index >= 15 is 0 Å². The Kier molecular flexibility index (Phi) is 4.95. The highest BCUT2D eigenvalue weighted by Crippen LogP contribution is 2.24. The fraction of sp³-hybridized carbons (Fsp3) is 0.467. The summed E-state index contributed by atoms with van der Waals surface area (Å²) in [6.45, 7) is 2.89. The summed E-state index contributed by atoms with van der Waals surface area (Å²) in [6, 6.07) is 6.75. The Morgan fingerprint density at radius 3 is 2.95 bits per heavy atom. The van der Waals surface area contributed by atoms with Crippen LogP contribution in [0.1, 0.15) is 18.5 Å². The van der Waals surface area contributed by atoms with E-state index in [1.54, 1.807) is 6.20 Å². The van der Waals surface area contributed by atoms with Crippen LogP contribution in [0.2, 0.25) is 0 Å². The summed E-state index contributed by atoms with van der Waals surface area (Å²) in [6.07, 6.45) is 4.01. The SMILES string of the molecule is CN=C(NCc1ccn[nH]1)NC1CCN(c2cccs2)CC1. The van der Waals surface area contributed by atoms with Crippen LogP contribution in [-0.4, -0.2) is 42.3 Å². The van der Waals surface area contributed by atoms with E-state index in [0.717, 1.165) is 37.6 Å². The summed E-state index contributed by atoms with van der Waals surface area (Å²) in [7, 11) is 1.81. The minimum atomic E-state index is 0.476. The summed E-state index contributed by atoms with van der Waals surface area (Å²) in [5, 5.41) is 17.2. The van der Waals surface area contributed by atoms with Gasteiger partial charge in [0.05, 0.1) is 17.2 Å². The van der Waals surface area contributed by atoms with Crippen molar-refractivity contribution < 1.29 is 0 Å². The van der Waals surface area contributed by atoms with Crippen molar-refractivity contribution in [3.63, 3.8) is 0 Å². The fourth-order valence-electron chi connectivity index (χ4n) is 2.64. The quantitative estimate of drug-likeness (QED) is 0.594. The minimum Gasteiger partial charge on any atom is -0.363 e. The van der Waals surface area contributed by atoms with Gasteiger partial charge in [0.15, 0.2) is 5.96 Å². The maximum Gasteiger partial charge on any atom is 0.191 e. The van der Waals surface area contributed by atoms with Crippen LogP contribution in [0.25, 0.3) is 0 Å². The van der Waals surface area contributed by atoms with E-state index in [2.05, 4.69) is 48.2 Å². The van der Waals surface area contributed by atoms with Crippen molar-refractivity contribution in [2.45, 2.75) is 25.4 Å². The maximum absolute atomic E-state index is 4.30. The molecule has 0 aromatic carbocycles. The van der Waals surface area contributed by atoms with Crippen molar-refractivity contribution in [1.82, 2.24) is 20.8 Å². The highest BCUT2D eigenvalue weighted by molar-refractivity contribution is 7.14. The van der Waals surface area contributed by atoms with Crippen LogP contribution in [0.5, 0.6) is 0 Å². The molecule has 2 aromatic heterocycles. The molecular weight excluding hydrogens is 296 g/mol. The Morgan fingerprint density at radius 2 is 2.32 bits per heavy atom. The monoisotopic (exact) mass is 318 g/mol. The molecule has 3 rings (SSSR count). The topological polar surface area (TPSA) is 68.3 Å². The van der Waals surface area contributed by atoms with Gasteiger partial charge in [-0.05, 0) is 36.4 Å². The zero-order valence-corrected chi connectivity index (χ0v) is 13.6. The van der Waals surface area contributed by atoms with Gasteiger partial charge in [0, 0.05) is 32.4 Å². The molecule has 2 aromatic rings. The lowest BCUT2D eigenvalue weighted by Crippen LogP contribution is -2.48. The normalized spacial score (nSPS) is 16.8. The predicted molar refractivity (Wildman–Crippen MR) is 91.5 cm³/mol. The summed E-state index contributed by atoms with van der Waals surface area (Å²) < 4.78 is 0. The van der Waals surface area contributed by atoms with Crippen LogP contribution < -0.4 is 15.5 Å². The summed E-state index contributed by atoms with van der Waals surface area (Å²) in [4.78, 5) is 6.76. The van der Waals surface area contributed by atoms with Crippen LogP contribution in [0.3, 0.4) is 0 Å². The summed E-state index contributed by atoms with van der Waals surface area (Å²) in [5.41, 5.74) is 1.05. The molecule has 3 N–H and O–H groups in total. The number of rotatable bonds is 4. The Hall–Kier alpha value is -2.02. The first-order chi connectivity index (χ1) is 10.8. The van der Waals surface area contributed by atoms with E-state index in [4.69, 9.17) is 0 Å². The van der Waals surface area contributed by atoms with E-state index in [9.17, 15) is 0 Å². The van der Waals surface area contributed by atoms with Crippen LogP contribution in [0, 0.1) is 0 Å². The van der Waals surface area contributed by atoms with Gasteiger partial charge in [-0.25, -0.2) is 0 Å². The van der Waals surface area contributed by atoms with Gasteiger partial charge in [0.1, 0.15) is 0 Å². The number of guanidine groups is 1. The second kappa shape index (κ2) is 7.31. The number of nitrogens with zero attached hydrogens (tertiary/aromatic N) is 3. The first kappa shape index (κ1) is 14.9. The average Bonchev–Trinajstić information content (AvgIpc) is 3.25. The molecule has 0 amide bonds. The molecule has 0 spiro atoms. The third kappa shape index (κ3) is 3.79. The molecule has 0 saturated carbocycles. The lowest BCUT2D eigenvalue weighted by molar-refractivity contribution is 0.462. The van der Waals surface area contributed by atoms with Gasteiger partial charge < -0.3 is 15.5 Å². The Bertz CT molecular complexity index is 569. The number of thiophene rings is 1. The predicted octanol–water partition coefficient (Wildman–Crippen LogP) is 1.81. The zero-order valence-electron chi connectivity index (χ0n) is 12.7. The molecule has 118 valence electrons. The smallest absolute Gasteiger partial charge is 0.191 e. The van der Waals surface area contributed by atoms with Gasteiger partial charge in [-0.1, -0.05) is 0 Å². The molecule has 1 aliphatic heterocycles. The molecule has 0 unspecified atom stereocenters. The molecule has 1 aliphatic rings. The largest absolute Gasteiger partial charge is 0.363 e. The zero-order chi connectivity index (χ0) is 15.2. The lowest BCUT2D eigenvalue weighted by Gasteiger charge is -2.33. The van der Waals surface area contributed by atoms with Crippen molar-refractivity contribution in [3.05, 3.63) is 35.5 Å². The number of H-pyrrole nitrogens is 1. The number of hydrogen-bond acceptors (Lipinski definition) is 4. The molecule has 0 bridgehead atoms. The van der Waals surface area contributed by atoms with Crippen LogP contribution in [-0.2, 0) is 6.54 Å². The molecular formula is C15H22N6S. The fourth-order valence-corrected chi connectivity index (χ4v) is 3.43. The van der Waals surface area contributed by atoms with Crippen molar-refractivity contribution in [2.75, 3.05) is 25.0 Å². The molecule has 7 heteroatoms. The minimum absolute atomic E-state index is 0.476. The average molecular weight is 318 g/mol. The first-order valence-electron chi connectivity index (χ1n) is 7.59. The van der Waals surface area contributed by atoms with Gasteiger partial charge in [-0.2, -0.15) is 5.10 Å². The molecule has 0 atom stereocenters. The van der Waals surface area contributed by atoms with Gasteiger partial charge in [-0.15, -0.1) is 11.3 Å². The Balaban J connectivity index is 1.44. The number of piperidine rings is 1. The number of aliphatic imine (C=N–C) groups is 1. The van der Waals surface area contributed by atoms with E-state index in [1.165, 1.54) is 5.00 Å². The molecule has 1 fully saturated rings. The number of aromatic amines is 1. The van der Waals surface area contributed by atoms with Crippen molar-refractivity contribution in [3.8, 4) is 0 Å². The highest BCUT2D eigenvalue weighted by atomic mass is 32.1. The number of anilines is 1. The Labute approximate surface area is 134 Å². The van der Waals surface area contributed by atoms with E-state index < -0.39 is 0 Å². The Morgan fingerprint density at radius 1 is 1.45 bits per heavy atom. The molecule has 3 heterocycles. The second-order valence-corrected chi connectivity index (χ2v) is 6.29. The molecule has 1 saturated heterocycles. The first-order valence-corrected chi connectivity index (χ1v) is 8.47. The van der Waals surface area contributed by atoms with Crippen LogP contribution in [0.4, 0.5) is 5.00 Å². The highest BCUT2D eigenvalue weighted by Gasteiger charge is 2.20. The number of nitrogens with one attached hydrogen (secondary N) is 3. The molecule has 0 radical (unpaired) electrons.